The molecule has 1 aromatic carbocycles. The van der Waals surface area contributed by atoms with E-state index in [4.69, 9.17) is 0 Å². The Labute approximate surface area is 203 Å². The molecule has 1 aliphatic heterocycles. The van der Waals surface area contributed by atoms with Gasteiger partial charge in [0.2, 0.25) is 0 Å². The number of fused-ring (bicyclic) bond motifs is 2. The third-order valence-corrected chi connectivity index (χ3v) is 6.63. The molecule has 35 heavy (non-hydrogen) atoms. The van der Waals surface area contributed by atoms with Crippen molar-refractivity contribution in [2.24, 2.45) is 0 Å². The summed E-state index contributed by atoms with van der Waals surface area (Å²) < 4.78 is 2.19. The van der Waals surface area contributed by atoms with Crippen molar-refractivity contribution in [2.45, 2.75) is 53.8 Å². The lowest BCUT2D eigenvalue weighted by atomic mass is 9.99. The van der Waals surface area contributed by atoms with Crippen LogP contribution in [-0.2, 0) is 13.1 Å². The smallest absolute Gasteiger partial charge is 0.253 e. The van der Waals surface area contributed by atoms with Crippen LogP contribution in [0.25, 0.3) is 22.2 Å². The highest BCUT2D eigenvalue weighted by Crippen LogP contribution is 2.34. The zero-order valence-electron chi connectivity index (χ0n) is 20.7. The zero-order chi connectivity index (χ0) is 24.9. The van der Waals surface area contributed by atoms with Crippen LogP contribution in [0.1, 0.15) is 58.2 Å². The molecule has 5 rings (SSSR count). The van der Waals surface area contributed by atoms with Gasteiger partial charge in [0, 0.05) is 70.4 Å². The molecule has 0 aliphatic carbocycles. The number of carbonyl (C=O) groups excluding carboxylic acids is 1. The summed E-state index contributed by atoms with van der Waals surface area (Å²) in [5.74, 6) is -0.221. The highest BCUT2D eigenvalue weighted by molar-refractivity contribution is 6.09. The number of amides is 1. The average Bonchev–Trinajstić information content (AvgIpc) is 3.41. The van der Waals surface area contributed by atoms with Crippen LogP contribution in [0, 0.1) is 20.8 Å². The Kier molecular flexibility index (Phi) is 5.68. The average molecular weight is 471 g/mol. The van der Waals surface area contributed by atoms with Gasteiger partial charge in [-0.1, -0.05) is 0 Å². The minimum absolute atomic E-state index is 0.155. The maximum Gasteiger partial charge on any atom is 0.253 e. The Hall–Kier alpha value is -3.91. The first-order chi connectivity index (χ1) is 16.7. The van der Waals surface area contributed by atoms with Crippen molar-refractivity contribution in [1.82, 2.24) is 25.3 Å². The minimum atomic E-state index is -0.221. The maximum atomic E-state index is 13.5. The van der Waals surface area contributed by atoms with E-state index in [0.29, 0.717) is 11.1 Å². The molecule has 0 saturated heterocycles. The highest BCUT2D eigenvalue weighted by atomic mass is 16.1. The fourth-order valence-corrected chi connectivity index (χ4v) is 4.84. The number of H-pyrrole nitrogens is 1. The second-order valence-electron chi connectivity index (χ2n) is 9.56. The molecule has 3 aromatic heterocycles. The van der Waals surface area contributed by atoms with Crippen molar-refractivity contribution in [1.29, 1.82) is 0 Å². The lowest BCUT2D eigenvalue weighted by molar-refractivity contribution is 0.0952. The quantitative estimate of drug-likeness (QED) is 0.349. The Morgan fingerprint density at radius 1 is 1.14 bits per heavy atom. The zero-order valence-corrected chi connectivity index (χ0v) is 20.7. The van der Waals surface area contributed by atoms with E-state index in [9.17, 15) is 9.59 Å². The number of aromatic amines is 1. The van der Waals surface area contributed by atoms with E-state index in [1.54, 1.807) is 0 Å². The molecule has 1 aliphatic rings. The van der Waals surface area contributed by atoms with Crippen molar-refractivity contribution in [3.63, 3.8) is 0 Å². The molecule has 0 spiro atoms. The van der Waals surface area contributed by atoms with E-state index in [1.165, 1.54) is 0 Å². The summed E-state index contributed by atoms with van der Waals surface area (Å²) in [4.78, 5) is 33.5. The summed E-state index contributed by atoms with van der Waals surface area (Å²) in [6, 6.07) is 8.15. The van der Waals surface area contributed by atoms with Crippen molar-refractivity contribution < 1.29 is 4.79 Å². The third-order valence-electron chi connectivity index (χ3n) is 6.63. The van der Waals surface area contributed by atoms with Gasteiger partial charge in [0.25, 0.3) is 11.5 Å². The van der Waals surface area contributed by atoms with Crippen LogP contribution >= 0.6 is 0 Å². The first-order valence-corrected chi connectivity index (χ1v) is 11.8. The van der Waals surface area contributed by atoms with Gasteiger partial charge in [-0.25, -0.2) is 5.43 Å². The Morgan fingerprint density at radius 2 is 1.94 bits per heavy atom. The second kappa shape index (κ2) is 8.70. The summed E-state index contributed by atoms with van der Waals surface area (Å²) in [5.41, 5.74) is 14.7. The van der Waals surface area contributed by atoms with E-state index in [-0.39, 0.29) is 24.1 Å². The number of nitrogens with zero attached hydrogens (tertiary/aromatic N) is 2. The van der Waals surface area contributed by atoms with E-state index in [1.807, 2.05) is 45.2 Å². The van der Waals surface area contributed by atoms with Crippen LogP contribution < -0.4 is 21.7 Å². The maximum absolute atomic E-state index is 13.5. The molecule has 0 unspecified atom stereocenters. The molecule has 0 atom stereocenters. The number of benzene rings is 1. The predicted octanol–water partition coefficient (Wildman–Crippen LogP) is 4.26. The fraction of sp³-hybridized carbons (Fsp3) is 0.296. The molecule has 8 heteroatoms. The topological polar surface area (TPSA) is 104 Å². The molecule has 0 saturated carbocycles. The Bertz CT molecular complexity index is 1530. The number of aryl methyl sites for hydroxylation is 3. The molecule has 0 radical (unpaired) electrons. The summed E-state index contributed by atoms with van der Waals surface area (Å²) in [7, 11) is 0. The minimum Gasteiger partial charge on any atom is -0.348 e. The number of hydrogen-bond donors (Lipinski definition) is 4. The molecule has 1 amide bonds. The van der Waals surface area contributed by atoms with Crippen LogP contribution in [0.2, 0.25) is 0 Å². The molecule has 4 heterocycles. The summed E-state index contributed by atoms with van der Waals surface area (Å²) in [5, 5.41) is 3.90. The van der Waals surface area contributed by atoms with Gasteiger partial charge < -0.3 is 20.3 Å². The SMILES string of the molecule is Cc1cc(C)c(CNC(=O)c2cc(-c3cc4c(cn3)CNN4)cc3c2c(C)cn3C(C)C)c(=O)[nH]1. The lowest BCUT2D eigenvalue weighted by Crippen LogP contribution is -2.28. The Morgan fingerprint density at radius 3 is 2.69 bits per heavy atom. The number of hydrazine groups is 1. The van der Waals surface area contributed by atoms with Gasteiger partial charge >= 0.3 is 0 Å². The van der Waals surface area contributed by atoms with Gasteiger partial charge in [0.1, 0.15) is 0 Å². The number of anilines is 1. The van der Waals surface area contributed by atoms with Crippen LogP contribution in [0.4, 0.5) is 5.69 Å². The predicted molar refractivity (Wildman–Crippen MR) is 138 cm³/mol. The van der Waals surface area contributed by atoms with Gasteiger partial charge in [-0.3, -0.25) is 14.6 Å². The lowest BCUT2D eigenvalue weighted by Gasteiger charge is -2.14. The van der Waals surface area contributed by atoms with Crippen molar-refractivity contribution >= 4 is 22.5 Å². The first-order valence-electron chi connectivity index (χ1n) is 11.8. The Balaban J connectivity index is 1.59. The number of carbonyl (C=O) groups is 1. The van der Waals surface area contributed by atoms with Crippen molar-refractivity contribution in [2.75, 3.05) is 5.43 Å². The largest absolute Gasteiger partial charge is 0.348 e. The standard InChI is InChI=1S/C27H30N6O2/c1-14(2)33-13-16(4)25-20(26(34)29-12-21-15(3)6-17(5)31-27(21)35)7-18(8-24(25)33)22-9-23-19(10-28-22)11-30-32-23/h6-10,13-14,30,32H,11-12H2,1-5H3,(H,29,34)(H,31,35). The van der Waals surface area contributed by atoms with E-state index in [0.717, 1.165) is 56.8 Å². The number of aromatic nitrogens is 3. The number of pyridine rings is 2. The summed E-state index contributed by atoms with van der Waals surface area (Å²) >= 11 is 0. The molecule has 4 aromatic rings. The van der Waals surface area contributed by atoms with Crippen LogP contribution in [-0.4, -0.2) is 20.4 Å². The van der Waals surface area contributed by atoms with E-state index < -0.39 is 0 Å². The number of hydrogen-bond acceptors (Lipinski definition) is 5. The second-order valence-corrected chi connectivity index (χ2v) is 9.56. The van der Waals surface area contributed by atoms with E-state index >= 15 is 0 Å². The third kappa shape index (κ3) is 4.10. The fourth-order valence-electron chi connectivity index (χ4n) is 4.84. The van der Waals surface area contributed by atoms with Gasteiger partial charge in [0.05, 0.1) is 11.4 Å². The van der Waals surface area contributed by atoms with Gasteiger partial charge in [-0.2, -0.15) is 0 Å². The monoisotopic (exact) mass is 470 g/mol. The van der Waals surface area contributed by atoms with Gasteiger partial charge in [0.15, 0.2) is 0 Å². The van der Waals surface area contributed by atoms with Crippen LogP contribution in [0.15, 0.2) is 41.5 Å². The first kappa shape index (κ1) is 22.9. The highest BCUT2D eigenvalue weighted by Gasteiger charge is 2.20. The molecule has 4 N–H and O–H groups in total. The number of rotatable bonds is 5. The molecular weight excluding hydrogens is 440 g/mol. The van der Waals surface area contributed by atoms with Crippen molar-refractivity contribution in [3.05, 3.63) is 80.5 Å². The summed E-state index contributed by atoms with van der Waals surface area (Å²) in [6.07, 6.45) is 3.95. The summed E-state index contributed by atoms with van der Waals surface area (Å²) in [6.45, 7) is 10.9. The molecule has 0 fully saturated rings. The molecule has 180 valence electrons. The molecule has 8 nitrogen and oxygen atoms in total. The number of nitrogens with one attached hydrogen (secondary N) is 4. The molecule has 0 bridgehead atoms. The van der Waals surface area contributed by atoms with E-state index in [2.05, 4.69) is 56.8 Å². The van der Waals surface area contributed by atoms with Gasteiger partial charge in [-0.05, 0) is 70.0 Å². The molecular formula is C27H30N6O2. The van der Waals surface area contributed by atoms with Crippen LogP contribution in [0.5, 0.6) is 0 Å². The normalized spacial score (nSPS) is 12.7. The van der Waals surface area contributed by atoms with Crippen LogP contribution in [0.3, 0.4) is 0 Å². The van der Waals surface area contributed by atoms with Crippen molar-refractivity contribution in [3.8, 4) is 11.3 Å². The van der Waals surface area contributed by atoms with Gasteiger partial charge in [-0.15, -0.1) is 0 Å².